The van der Waals surface area contributed by atoms with E-state index < -0.39 is 0 Å². The van der Waals surface area contributed by atoms with Crippen LogP contribution in [0.4, 0.5) is 0 Å². The van der Waals surface area contributed by atoms with Gasteiger partial charge in [0, 0.05) is 6.54 Å². The first kappa shape index (κ1) is 8.12. The summed E-state index contributed by atoms with van der Waals surface area (Å²) in [4.78, 5) is 15.3. The number of fused-ring (bicyclic) bond motifs is 1. The predicted octanol–water partition coefficient (Wildman–Crippen LogP) is 0.462. The molecular formula is C8H11N5. The van der Waals surface area contributed by atoms with Crippen molar-refractivity contribution in [2.24, 2.45) is 0 Å². The minimum atomic E-state index is 0.725. The zero-order valence-corrected chi connectivity index (χ0v) is 7.41. The van der Waals surface area contributed by atoms with Crippen molar-refractivity contribution in [3.63, 3.8) is 0 Å². The van der Waals surface area contributed by atoms with Gasteiger partial charge in [-0.1, -0.05) is 6.92 Å². The van der Waals surface area contributed by atoms with Crippen molar-refractivity contribution < 1.29 is 0 Å². The van der Waals surface area contributed by atoms with Gasteiger partial charge in [-0.05, 0) is 6.54 Å². The number of hydrogen-bond acceptors (Lipinski definition) is 4. The number of nitrogens with zero attached hydrogens (tertiary/aromatic N) is 3. The molecule has 0 spiro atoms. The smallest absolute Gasteiger partial charge is 0.180 e. The van der Waals surface area contributed by atoms with E-state index in [1.165, 1.54) is 6.33 Å². The van der Waals surface area contributed by atoms with E-state index in [1.54, 1.807) is 6.33 Å². The van der Waals surface area contributed by atoms with Gasteiger partial charge in [0.1, 0.15) is 11.8 Å². The van der Waals surface area contributed by atoms with Gasteiger partial charge in [0.05, 0.1) is 12.0 Å². The summed E-state index contributed by atoms with van der Waals surface area (Å²) >= 11 is 0. The zero-order valence-electron chi connectivity index (χ0n) is 7.41. The highest BCUT2D eigenvalue weighted by atomic mass is 15.0. The minimum Gasteiger partial charge on any atom is -0.342 e. The fourth-order valence-electron chi connectivity index (χ4n) is 1.19. The number of imidazole rings is 1. The molecule has 0 aliphatic rings. The summed E-state index contributed by atoms with van der Waals surface area (Å²) in [5, 5.41) is 3.21. The maximum absolute atomic E-state index is 4.17. The fourth-order valence-corrected chi connectivity index (χ4v) is 1.19. The lowest BCUT2D eigenvalue weighted by molar-refractivity contribution is 0.713. The van der Waals surface area contributed by atoms with Crippen molar-refractivity contribution in [3.8, 4) is 0 Å². The second kappa shape index (κ2) is 3.49. The van der Waals surface area contributed by atoms with Crippen LogP contribution in [0.1, 0.15) is 12.6 Å². The number of rotatable bonds is 3. The molecular weight excluding hydrogens is 166 g/mol. The molecule has 0 atom stereocenters. The third-order valence-electron chi connectivity index (χ3n) is 1.84. The molecule has 0 fully saturated rings. The van der Waals surface area contributed by atoms with Crippen LogP contribution in [0.3, 0.4) is 0 Å². The molecule has 2 heterocycles. The second-order valence-electron chi connectivity index (χ2n) is 2.70. The lowest BCUT2D eigenvalue weighted by Gasteiger charge is -2.00. The van der Waals surface area contributed by atoms with E-state index in [-0.39, 0.29) is 0 Å². The summed E-state index contributed by atoms with van der Waals surface area (Å²) in [7, 11) is 0. The molecule has 13 heavy (non-hydrogen) atoms. The summed E-state index contributed by atoms with van der Waals surface area (Å²) < 4.78 is 0. The molecule has 0 saturated heterocycles. The van der Waals surface area contributed by atoms with Gasteiger partial charge in [-0.2, -0.15) is 0 Å². The average molecular weight is 177 g/mol. The SMILES string of the molecule is CCNCc1ncnc2nc[nH]c12. The topological polar surface area (TPSA) is 66.5 Å². The van der Waals surface area contributed by atoms with Crippen molar-refractivity contribution in [1.82, 2.24) is 25.3 Å². The summed E-state index contributed by atoms with van der Waals surface area (Å²) in [5.74, 6) is 0. The first-order valence-corrected chi connectivity index (χ1v) is 4.25. The number of nitrogens with one attached hydrogen (secondary N) is 2. The van der Waals surface area contributed by atoms with Crippen LogP contribution in [0, 0.1) is 0 Å². The molecule has 5 heteroatoms. The molecule has 0 amide bonds. The van der Waals surface area contributed by atoms with E-state index >= 15 is 0 Å². The summed E-state index contributed by atoms with van der Waals surface area (Å²) in [6.45, 7) is 3.74. The van der Waals surface area contributed by atoms with E-state index in [9.17, 15) is 0 Å². The minimum absolute atomic E-state index is 0.725. The molecule has 0 radical (unpaired) electrons. The van der Waals surface area contributed by atoms with Gasteiger partial charge in [-0.3, -0.25) is 0 Å². The van der Waals surface area contributed by atoms with E-state index in [0.717, 1.165) is 29.9 Å². The van der Waals surface area contributed by atoms with Crippen LogP contribution in [-0.4, -0.2) is 26.5 Å². The average Bonchev–Trinajstić information content (AvgIpc) is 2.62. The van der Waals surface area contributed by atoms with Crippen LogP contribution in [0.15, 0.2) is 12.7 Å². The maximum Gasteiger partial charge on any atom is 0.180 e. The van der Waals surface area contributed by atoms with Gasteiger partial charge in [0.15, 0.2) is 5.65 Å². The van der Waals surface area contributed by atoms with Crippen molar-refractivity contribution in [2.45, 2.75) is 13.5 Å². The molecule has 0 aromatic carbocycles. The van der Waals surface area contributed by atoms with Gasteiger partial charge < -0.3 is 10.3 Å². The number of H-pyrrole nitrogens is 1. The van der Waals surface area contributed by atoms with Crippen molar-refractivity contribution >= 4 is 11.2 Å². The molecule has 0 aliphatic heterocycles. The Labute approximate surface area is 75.6 Å². The van der Waals surface area contributed by atoms with Crippen molar-refractivity contribution in [1.29, 1.82) is 0 Å². The first-order chi connectivity index (χ1) is 6.42. The normalized spacial score (nSPS) is 10.8. The largest absolute Gasteiger partial charge is 0.342 e. The molecule has 0 unspecified atom stereocenters. The fraction of sp³-hybridized carbons (Fsp3) is 0.375. The van der Waals surface area contributed by atoms with Gasteiger partial charge in [0.25, 0.3) is 0 Å². The maximum atomic E-state index is 4.17. The molecule has 0 aliphatic carbocycles. The monoisotopic (exact) mass is 177 g/mol. The molecule has 2 rings (SSSR count). The lowest BCUT2D eigenvalue weighted by Crippen LogP contribution is -2.13. The van der Waals surface area contributed by atoms with E-state index in [4.69, 9.17) is 0 Å². The predicted molar refractivity (Wildman–Crippen MR) is 49.1 cm³/mol. The van der Waals surface area contributed by atoms with Crippen LogP contribution in [-0.2, 0) is 6.54 Å². The third kappa shape index (κ3) is 1.50. The Kier molecular flexibility index (Phi) is 2.18. The summed E-state index contributed by atoms with van der Waals surface area (Å²) in [5.41, 5.74) is 2.61. The third-order valence-corrected chi connectivity index (χ3v) is 1.84. The first-order valence-electron chi connectivity index (χ1n) is 4.25. The van der Waals surface area contributed by atoms with E-state index in [1.807, 2.05) is 0 Å². The highest BCUT2D eigenvalue weighted by Crippen LogP contribution is 2.08. The van der Waals surface area contributed by atoms with Gasteiger partial charge in [0.2, 0.25) is 0 Å². The highest BCUT2D eigenvalue weighted by Gasteiger charge is 2.03. The summed E-state index contributed by atoms with van der Waals surface area (Å²) in [6.07, 6.45) is 3.17. The molecule has 5 nitrogen and oxygen atoms in total. The Hall–Kier alpha value is -1.49. The molecule has 2 aromatic heterocycles. The Bertz CT molecular complexity index is 394. The molecule has 0 saturated carbocycles. The van der Waals surface area contributed by atoms with Crippen LogP contribution in [0.2, 0.25) is 0 Å². The standard InChI is InChI=1S/C8H11N5/c1-2-9-3-6-7-8(12-4-10-6)13-5-11-7/h4-5,9H,2-3H2,1H3,(H,10,11,12,13). The van der Waals surface area contributed by atoms with Crippen LogP contribution in [0.5, 0.6) is 0 Å². The number of aromatic nitrogens is 4. The van der Waals surface area contributed by atoms with Crippen molar-refractivity contribution in [2.75, 3.05) is 6.54 Å². The zero-order chi connectivity index (χ0) is 9.10. The van der Waals surface area contributed by atoms with Crippen LogP contribution in [0.25, 0.3) is 11.2 Å². The summed E-state index contributed by atoms with van der Waals surface area (Å²) in [6, 6.07) is 0. The highest BCUT2D eigenvalue weighted by molar-refractivity contribution is 5.71. The quantitative estimate of drug-likeness (QED) is 0.714. The number of aromatic amines is 1. The Morgan fingerprint density at radius 3 is 3.15 bits per heavy atom. The molecule has 68 valence electrons. The van der Waals surface area contributed by atoms with Crippen LogP contribution >= 0.6 is 0 Å². The van der Waals surface area contributed by atoms with Gasteiger partial charge in [-0.15, -0.1) is 0 Å². The van der Waals surface area contributed by atoms with E-state index in [2.05, 4.69) is 32.2 Å². The lowest BCUT2D eigenvalue weighted by atomic mass is 10.3. The van der Waals surface area contributed by atoms with Crippen LogP contribution < -0.4 is 5.32 Å². The molecule has 2 N–H and O–H groups in total. The van der Waals surface area contributed by atoms with Gasteiger partial charge in [-0.25, -0.2) is 15.0 Å². The van der Waals surface area contributed by atoms with Crippen molar-refractivity contribution in [3.05, 3.63) is 18.3 Å². The Morgan fingerprint density at radius 2 is 2.31 bits per heavy atom. The molecule has 0 bridgehead atoms. The van der Waals surface area contributed by atoms with Gasteiger partial charge >= 0.3 is 0 Å². The Morgan fingerprint density at radius 1 is 1.38 bits per heavy atom. The Balaban J connectivity index is 2.37. The second-order valence-corrected chi connectivity index (χ2v) is 2.70. The molecule has 2 aromatic rings. The van der Waals surface area contributed by atoms with E-state index in [0.29, 0.717) is 0 Å². The number of hydrogen-bond donors (Lipinski definition) is 2.